The van der Waals surface area contributed by atoms with Gasteiger partial charge >= 0.3 is 0 Å². The highest BCUT2D eigenvalue weighted by atomic mass is 15.5. The van der Waals surface area contributed by atoms with Gasteiger partial charge in [0.1, 0.15) is 0 Å². The topological polar surface area (TPSA) is 44.5 Å². The average molecular weight is 160 g/mol. The Morgan fingerprint density at radius 2 is 1.91 bits per heavy atom. The van der Waals surface area contributed by atoms with Gasteiger partial charge in [0.25, 0.3) is 0 Å². The van der Waals surface area contributed by atoms with Crippen LogP contribution in [0.4, 0.5) is 0 Å². The van der Waals surface area contributed by atoms with Gasteiger partial charge in [-0.05, 0) is 0 Å². The number of hydrazine groups is 2. The van der Waals surface area contributed by atoms with Crippen LogP contribution in [0.1, 0.15) is 13.8 Å². The first kappa shape index (κ1) is 10.8. The molecule has 0 bridgehead atoms. The standard InChI is InChI=1S/C7H20N4/c1-4-9-10(3)6-7-11(8)5-2/h9H,4-8H2,1-3H3. The lowest BCUT2D eigenvalue weighted by molar-refractivity contribution is 0.192. The molecular formula is C7H20N4. The third kappa shape index (κ3) is 6.25. The second kappa shape index (κ2) is 6.54. The number of hydrogen-bond acceptors (Lipinski definition) is 4. The fourth-order valence-corrected chi connectivity index (χ4v) is 0.786. The minimum atomic E-state index is 0.903. The van der Waals surface area contributed by atoms with E-state index in [-0.39, 0.29) is 0 Å². The maximum atomic E-state index is 5.60. The number of nitrogens with zero attached hydrogens (tertiary/aromatic N) is 2. The van der Waals surface area contributed by atoms with Crippen molar-refractivity contribution in [1.29, 1.82) is 0 Å². The second-order valence-corrected chi connectivity index (χ2v) is 2.56. The molecule has 4 nitrogen and oxygen atoms in total. The van der Waals surface area contributed by atoms with Crippen LogP contribution in [-0.2, 0) is 0 Å². The Labute approximate surface area is 69.3 Å². The number of hydrogen-bond donors (Lipinski definition) is 2. The van der Waals surface area contributed by atoms with Crippen molar-refractivity contribution in [2.75, 3.05) is 33.2 Å². The van der Waals surface area contributed by atoms with Crippen LogP contribution in [-0.4, -0.2) is 43.2 Å². The third-order valence-corrected chi connectivity index (χ3v) is 1.56. The number of nitrogens with one attached hydrogen (secondary N) is 1. The Kier molecular flexibility index (Phi) is 6.45. The lowest BCUT2D eigenvalue weighted by Crippen LogP contribution is -2.42. The van der Waals surface area contributed by atoms with Crippen molar-refractivity contribution in [3.63, 3.8) is 0 Å². The molecule has 0 aromatic rings. The predicted molar refractivity (Wildman–Crippen MR) is 47.7 cm³/mol. The summed E-state index contributed by atoms with van der Waals surface area (Å²) in [6.07, 6.45) is 0. The fraction of sp³-hybridized carbons (Fsp3) is 1.00. The minimum Gasteiger partial charge on any atom is -0.269 e. The van der Waals surface area contributed by atoms with Gasteiger partial charge in [0, 0.05) is 33.2 Å². The van der Waals surface area contributed by atoms with Crippen LogP contribution in [0.2, 0.25) is 0 Å². The van der Waals surface area contributed by atoms with Crippen molar-refractivity contribution in [2.45, 2.75) is 13.8 Å². The van der Waals surface area contributed by atoms with E-state index in [4.69, 9.17) is 5.84 Å². The average Bonchev–Trinajstić information content (AvgIpc) is 2.01. The number of rotatable bonds is 6. The largest absolute Gasteiger partial charge is 0.269 e. The summed E-state index contributed by atoms with van der Waals surface area (Å²) in [5, 5.41) is 3.85. The maximum absolute atomic E-state index is 5.60. The van der Waals surface area contributed by atoms with Gasteiger partial charge in [-0.25, -0.2) is 10.0 Å². The molecule has 68 valence electrons. The molecule has 0 aliphatic rings. The van der Waals surface area contributed by atoms with E-state index in [1.165, 1.54) is 0 Å². The molecule has 0 aromatic heterocycles. The van der Waals surface area contributed by atoms with Crippen molar-refractivity contribution < 1.29 is 0 Å². The predicted octanol–water partition coefficient (Wildman–Crippen LogP) is -0.362. The molecule has 0 aromatic carbocycles. The van der Waals surface area contributed by atoms with Crippen LogP contribution < -0.4 is 11.3 Å². The van der Waals surface area contributed by atoms with Gasteiger partial charge in [0.2, 0.25) is 0 Å². The fourth-order valence-electron chi connectivity index (χ4n) is 0.786. The van der Waals surface area contributed by atoms with Crippen molar-refractivity contribution >= 4 is 0 Å². The van der Waals surface area contributed by atoms with Crippen LogP contribution in [0.5, 0.6) is 0 Å². The Morgan fingerprint density at radius 3 is 2.36 bits per heavy atom. The first-order valence-electron chi connectivity index (χ1n) is 4.15. The zero-order valence-electron chi connectivity index (χ0n) is 7.80. The van der Waals surface area contributed by atoms with Gasteiger partial charge in [0.05, 0.1) is 0 Å². The lowest BCUT2D eigenvalue weighted by Gasteiger charge is -2.20. The molecule has 3 N–H and O–H groups in total. The highest BCUT2D eigenvalue weighted by Gasteiger charge is 1.97. The lowest BCUT2D eigenvalue weighted by atomic mass is 10.5. The number of likely N-dealkylation sites (N-methyl/N-ethyl adjacent to an activating group) is 2. The quantitative estimate of drug-likeness (QED) is 0.411. The molecule has 11 heavy (non-hydrogen) atoms. The van der Waals surface area contributed by atoms with Crippen LogP contribution >= 0.6 is 0 Å². The van der Waals surface area contributed by atoms with E-state index >= 15 is 0 Å². The highest BCUT2D eigenvalue weighted by Crippen LogP contribution is 1.79. The van der Waals surface area contributed by atoms with Crippen molar-refractivity contribution in [2.24, 2.45) is 5.84 Å². The molecule has 0 rings (SSSR count). The smallest absolute Gasteiger partial charge is 0.0270 e. The second-order valence-electron chi connectivity index (χ2n) is 2.56. The molecule has 0 spiro atoms. The van der Waals surface area contributed by atoms with E-state index in [9.17, 15) is 0 Å². The first-order valence-corrected chi connectivity index (χ1v) is 4.15. The first-order chi connectivity index (χ1) is 5.20. The zero-order valence-corrected chi connectivity index (χ0v) is 7.80. The van der Waals surface area contributed by atoms with Gasteiger partial charge in [-0.15, -0.1) is 0 Å². The zero-order chi connectivity index (χ0) is 8.69. The summed E-state index contributed by atoms with van der Waals surface area (Å²) in [5.41, 5.74) is 3.18. The van der Waals surface area contributed by atoms with Crippen LogP contribution in [0.15, 0.2) is 0 Å². The molecule has 0 unspecified atom stereocenters. The molecule has 0 saturated heterocycles. The summed E-state index contributed by atoms with van der Waals surface area (Å²) < 4.78 is 0. The third-order valence-electron chi connectivity index (χ3n) is 1.56. The molecule has 4 heteroatoms. The summed E-state index contributed by atoms with van der Waals surface area (Å²) in [5.74, 6) is 5.60. The summed E-state index contributed by atoms with van der Waals surface area (Å²) >= 11 is 0. The molecule has 0 atom stereocenters. The van der Waals surface area contributed by atoms with Crippen molar-refractivity contribution in [1.82, 2.24) is 15.4 Å². The summed E-state index contributed by atoms with van der Waals surface area (Å²) in [6, 6.07) is 0. The van der Waals surface area contributed by atoms with Gasteiger partial charge in [-0.3, -0.25) is 11.3 Å². The monoisotopic (exact) mass is 160 g/mol. The van der Waals surface area contributed by atoms with Gasteiger partial charge in [-0.2, -0.15) is 0 Å². The Hall–Kier alpha value is -0.160. The van der Waals surface area contributed by atoms with Gasteiger partial charge in [-0.1, -0.05) is 13.8 Å². The van der Waals surface area contributed by atoms with Crippen LogP contribution in [0.25, 0.3) is 0 Å². The van der Waals surface area contributed by atoms with E-state index in [0.29, 0.717) is 0 Å². The van der Waals surface area contributed by atoms with Crippen LogP contribution in [0, 0.1) is 0 Å². The number of nitrogens with two attached hydrogens (primary N) is 1. The highest BCUT2D eigenvalue weighted by molar-refractivity contribution is 4.48. The Balaban J connectivity index is 3.22. The molecule has 0 fully saturated rings. The van der Waals surface area contributed by atoms with E-state index in [1.54, 1.807) is 5.01 Å². The molecule has 0 aliphatic carbocycles. The SMILES string of the molecule is CCNN(C)CCN(N)CC. The van der Waals surface area contributed by atoms with E-state index in [0.717, 1.165) is 26.2 Å². The van der Waals surface area contributed by atoms with Crippen molar-refractivity contribution in [3.8, 4) is 0 Å². The van der Waals surface area contributed by atoms with Crippen LogP contribution in [0.3, 0.4) is 0 Å². The Morgan fingerprint density at radius 1 is 1.27 bits per heavy atom. The summed E-state index contributed by atoms with van der Waals surface area (Å²) in [6.45, 7) is 7.86. The normalized spacial score (nSPS) is 11.5. The minimum absolute atomic E-state index is 0.903. The van der Waals surface area contributed by atoms with Crippen molar-refractivity contribution in [3.05, 3.63) is 0 Å². The Bertz CT molecular complexity index is 86.5. The molecule has 0 saturated carbocycles. The van der Waals surface area contributed by atoms with E-state index in [1.807, 2.05) is 14.0 Å². The van der Waals surface area contributed by atoms with Gasteiger partial charge in [0.15, 0.2) is 0 Å². The van der Waals surface area contributed by atoms with E-state index in [2.05, 4.69) is 17.4 Å². The molecular weight excluding hydrogens is 140 g/mol. The maximum Gasteiger partial charge on any atom is 0.0270 e. The molecule has 0 heterocycles. The molecule has 0 radical (unpaired) electrons. The molecule has 0 aliphatic heterocycles. The summed E-state index contributed by atoms with van der Waals surface area (Å²) in [7, 11) is 2.02. The molecule has 0 amide bonds. The summed E-state index contributed by atoms with van der Waals surface area (Å²) in [4.78, 5) is 0. The van der Waals surface area contributed by atoms with E-state index < -0.39 is 0 Å². The van der Waals surface area contributed by atoms with Gasteiger partial charge < -0.3 is 0 Å².